The Balaban J connectivity index is -0.000000118. The maximum absolute atomic E-state index is 9.33. The number of rotatable bonds is 1. The molecule has 0 atom stereocenters. The van der Waals surface area contributed by atoms with Crippen molar-refractivity contribution in [2.75, 3.05) is 14.2 Å². The molecule has 78 valence electrons. The fourth-order valence-electron chi connectivity index (χ4n) is 0. The molecular formula is C4H15NO6S. The Bertz CT molecular complexity index is 150. The third-order valence-electron chi connectivity index (χ3n) is 0.211. The molecule has 12 heavy (non-hydrogen) atoms. The van der Waals surface area contributed by atoms with Crippen LogP contribution in [0.2, 0.25) is 0 Å². The lowest BCUT2D eigenvalue weighted by Crippen LogP contribution is -2.02. The summed E-state index contributed by atoms with van der Waals surface area (Å²) in [6, 6.07) is 0. The number of hydrogen-bond donors (Lipinski definition) is 3. The van der Waals surface area contributed by atoms with Gasteiger partial charge in [0, 0.05) is 7.05 Å². The number of hydrogen-bond acceptors (Lipinski definition) is 6. The normalized spacial score (nSPS) is 9.33. The molecule has 0 heterocycles. The van der Waals surface area contributed by atoms with E-state index in [1.807, 2.05) is 13.8 Å². The van der Waals surface area contributed by atoms with Crippen molar-refractivity contribution in [1.29, 1.82) is 0 Å². The van der Waals surface area contributed by atoms with Crippen LogP contribution in [0.4, 0.5) is 0 Å². The smallest absolute Gasteiger partial charge is 0.290 e. The fraction of sp³-hybridized carbons (Fsp3) is 1.00. The summed E-state index contributed by atoms with van der Waals surface area (Å²) in [5, 5.41) is 14.9. The molecule has 0 aliphatic carbocycles. The first kappa shape index (κ1) is 17.7. The number of hydroxylamine groups is 2. The molecule has 8 heteroatoms. The van der Waals surface area contributed by atoms with E-state index in [-0.39, 0.29) is 5.23 Å². The lowest BCUT2D eigenvalue weighted by atomic mass is 11.0. The van der Waals surface area contributed by atoms with Crippen molar-refractivity contribution in [1.82, 2.24) is 5.23 Å². The highest BCUT2D eigenvalue weighted by Crippen LogP contribution is 1.74. The summed E-state index contributed by atoms with van der Waals surface area (Å²) in [5.41, 5.74) is 0. The molecule has 3 N–H and O–H groups in total. The lowest BCUT2D eigenvalue weighted by molar-refractivity contribution is -0.287. The van der Waals surface area contributed by atoms with E-state index in [0.29, 0.717) is 0 Å². The van der Waals surface area contributed by atoms with Crippen molar-refractivity contribution in [3.05, 3.63) is 0 Å². The SMILES string of the molecule is CC.CN(O)O.COS(=O)(=O)O. The van der Waals surface area contributed by atoms with E-state index in [1.54, 1.807) is 0 Å². The summed E-state index contributed by atoms with van der Waals surface area (Å²) in [6.45, 7) is 4.00. The lowest BCUT2D eigenvalue weighted by Gasteiger charge is -1.87. The van der Waals surface area contributed by atoms with Gasteiger partial charge in [-0.15, -0.1) is 0 Å². The minimum atomic E-state index is -4.16. The van der Waals surface area contributed by atoms with E-state index in [1.165, 1.54) is 0 Å². The Hall–Kier alpha value is -0.250. The Morgan fingerprint density at radius 1 is 1.25 bits per heavy atom. The minimum absolute atomic E-state index is 0. The molecule has 0 unspecified atom stereocenters. The summed E-state index contributed by atoms with van der Waals surface area (Å²) in [7, 11) is -2.18. The molecule has 0 aromatic carbocycles. The van der Waals surface area contributed by atoms with E-state index < -0.39 is 10.4 Å². The van der Waals surface area contributed by atoms with Crippen LogP contribution in [0, 0.1) is 0 Å². The number of nitrogens with zero attached hydrogens (tertiary/aromatic N) is 1. The van der Waals surface area contributed by atoms with Gasteiger partial charge in [0.05, 0.1) is 7.11 Å². The van der Waals surface area contributed by atoms with Crippen LogP contribution < -0.4 is 0 Å². The Kier molecular flexibility index (Phi) is 15.9. The predicted octanol–water partition coefficient (Wildman–Crippen LogP) is 0.158. The zero-order valence-electron chi connectivity index (χ0n) is 7.42. The first-order valence-electron chi connectivity index (χ1n) is 2.94. The fourth-order valence-corrected chi connectivity index (χ4v) is 0. The van der Waals surface area contributed by atoms with Gasteiger partial charge in [-0.2, -0.15) is 8.42 Å². The van der Waals surface area contributed by atoms with Crippen molar-refractivity contribution in [3.63, 3.8) is 0 Å². The summed E-state index contributed by atoms with van der Waals surface area (Å²) in [5.74, 6) is 0. The largest absolute Gasteiger partial charge is 0.397 e. The van der Waals surface area contributed by atoms with Gasteiger partial charge < -0.3 is 0 Å². The van der Waals surface area contributed by atoms with E-state index >= 15 is 0 Å². The van der Waals surface area contributed by atoms with Gasteiger partial charge >= 0.3 is 10.4 Å². The molecule has 0 amide bonds. The maximum atomic E-state index is 9.33. The highest BCUT2D eigenvalue weighted by atomic mass is 32.3. The molecular weight excluding hydrogens is 190 g/mol. The molecule has 0 fully saturated rings. The summed E-state index contributed by atoms with van der Waals surface area (Å²) in [4.78, 5) is 0. The molecule has 0 aromatic heterocycles. The van der Waals surface area contributed by atoms with Crippen LogP contribution in [0.3, 0.4) is 0 Å². The first-order valence-corrected chi connectivity index (χ1v) is 4.30. The second kappa shape index (κ2) is 10.8. The van der Waals surface area contributed by atoms with Gasteiger partial charge in [0.2, 0.25) is 0 Å². The minimum Gasteiger partial charge on any atom is -0.290 e. The molecule has 0 spiro atoms. The van der Waals surface area contributed by atoms with Crippen LogP contribution in [0.5, 0.6) is 0 Å². The Morgan fingerprint density at radius 3 is 1.33 bits per heavy atom. The molecule has 0 radical (unpaired) electrons. The van der Waals surface area contributed by atoms with Gasteiger partial charge in [-0.3, -0.25) is 19.2 Å². The van der Waals surface area contributed by atoms with E-state index in [2.05, 4.69) is 4.18 Å². The van der Waals surface area contributed by atoms with Gasteiger partial charge in [0.25, 0.3) is 0 Å². The average Bonchev–Trinajstić information content (AvgIpc) is 1.90. The van der Waals surface area contributed by atoms with Gasteiger partial charge in [0.1, 0.15) is 0 Å². The highest BCUT2D eigenvalue weighted by molar-refractivity contribution is 7.80. The molecule has 0 rings (SSSR count). The van der Waals surface area contributed by atoms with Crippen molar-refractivity contribution < 1.29 is 27.6 Å². The maximum Gasteiger partial charge on any atom is 0.397 e. The molecule has 0 aliphatic heterocycles. The summed E-state index contributed by atoms with van der Waals surface area (Å²) in [6.07, 6.45) is 0. The van der Waals surface area contributed by atoms with E-state index in [4.69, 9.17) is 15.0 Å². The van der Waals surface area contributed by atoms with Crippen LogP contribution in [0.25, 0.3) is 0 Å². The van der Waals surface area contributed by atoms with Crippen molar-refractivity contribution in [2.45, 2.75) is 13.8 Å². The van der Waals surface area contributed by atoms with E-state index in [9.17, 15) is 8.42 Å². The molecule has 0 saturated carbocycles. The van der Waals surface area contributed by atoms with Gasteiger partial charge in [0.15, 0.2) is 0 Å². The van der Waals surface area contributed by atoms with Crippen LogP contribution in [0.1, 0.15) is 13.8 Å². The third kappa shape index (κ3) is 98.7. The zero-order valence-corrected chi connectivity index (χ0v) is 8.24. The van der Waals surface area contributed by atoms with Gasteiger partial charge in [-0.1, -0.05) is 19.1 Å². The summed E-state index contributed by atoms with van der Waals surface area (Å²) < 4.78 is 29.7. The first-order chi connectivity index (χ1) is 5.29. The van der Waals surface area contributed by atoms with Crippen LogP contribution >= 0.6 is 0 Å². The van der Waals surface area contributed by atoms with Crippen molar-refractivity contribution in [2.24, 2.45) is 0 Å². The van der Waals surface area contributed by atoms with Crippen LogP contribution in [-0.2, 0) is 14.6 Å². The standard InChI is InChI=1S/C2H6.CH5NO2.CH4O4S/c1-2;1-2(3)4;1-5-6(2,3)4/h1-2H3;3-4H,1H3;1H3,(H,2,3,4). The Labute approximate surface area is 72.1 Å². The topological polar surface area (TPSA) is 107 Å². The zero-order chi connectivity index (χ0) is 10.8. The van der Waals surface area contributed by atoms with Crippen LogP contribution in [0.15, 0.2) is 0 Å². The second-order valence-electron chi connectivity index (χ2n) is 1.08. The second-order valence-corrected chi connectivity index (χ2v) is 2.27. The Morgan fingerprint density at radius 2 is 1.33 bits per heavy atom. The van der Waals surface area contributed by atoms with Gasteiger partial charge in [-0.05, 0) is 0 Å². The quantitative estimate of drug-likeness (QED) is 0.413. The third-order valence-corrected chi connectivity index (χ3v) is 0.632. The monoisotopic (exact) mass is 205 g/mol. The average molecular weight is 205 g/mol. The predicted molar refractivity (Wildman–Crippen MR) is 41.2 cm³/mol. The molecule has 0 aromatic rings. The van der Waals surface area contributed by atoms with Crippen molar-refractivity contribution >= 4 is 10.4 Å². The van der Waals surface area contributed by atoms with Gasteiger partial charge in [-0.25, -0.2) is 0 Å². The molecule has 7 nitrogen and oxygen atoms in total. The van der Waals surface area contributed by atoms with Crippen LogP contribution in [-0.4, -0.2) is 42.8 Å². The van der Waals surface area contributed by atoms with E-state index in [0.717, 1.165) is 14.2 Å². The van der Waals surface area contributed by atoms with Crippen molar-refractivity contribution in [3.8, 4) is 0 Å². The summed E-state index contributed by atoms with van der Waals surface area (Å²) >= 11 is 0. The molecule has 0 aliphatic rings. The molecule has 0 saturated heterocycles. The molecule has 0 bridgehead atoms. The highest BCUT2D eigenvalue weighted by Gasteiger charge is 1.93.